The molecule has 0 radical (unpaired) electrons. The molecule has 4 aliphatic heterocycles. The van der Waals surface area contributed by atoms with E-state index in [0.717, 1.165) is 87.7 Å². The van der Waals surface area contributed by atoms with Crippen LogP contribution in [0.15, 0.2) is 112 Å². The van der Waals surface area contributed by atoms with Crippen molar-refractivity contribution in [3.63, 3.8) is 0 Å². The number of aromatic nitrogens is 4. The van der Waals surface area contributed by atoms with Crippen molar-refractivity contribution in [2.45, 2.75) is 90.4 Å². The van der Waals surface area contributed by atoms with E-state index in [1.807, 2.05) is 12.1 Å². The first-order valence-electron chi connectivity index (χ1n) is 19.9. The number of anilines is 2. The van der Waals surface area contributed by atoms with Gasteiger partial charge in [0.15, 0.2) is 0 Å². The Morgan fingerprint density at radius 2 is 1.02 bits per heavy atom. The number of pyridine rings is 2. The van der Waals surface area contributed by atoms with Crippen LogP contribution in [0.3, 0.4) is 0 Å². The van der Waals surface area contributed by atoms with E-state index >= 15 is 0 Å². The number of hydrogen-bond donors (Lipinski definition) is 0. The van der Waals surface area contributed by atoms with E-state index in [4.69, 9.17) is 20.5 Å². The van der Waals surface area contributed by atoms with E-state index in [-0.39, 0.29) is 0 Å². The second-order valence-corrected chi connectivity index (χ2v) is 15.1. The summed E-state index contributed by atoms with van der Waals surface area (Å²) in [5, 5.41) is 18.9. The number of rotatable bonds is 12. The van der Waals surface area contributed by atoms with Crippen LogP contribution < -0.4 is 23.5 Å². The van der Waals surface area contributed by atoms with E-state index in [2.05, 4.69) is 108 Å². The molecule has 0 aliphatic carbocycles. The third-order valence-corrected chi connectivity index (χ3v) is 11.4. The Morgan fingerprint density at radius 3 is 1.53 bits per heavy atom. The highest BCUT2D eigenvalue weighted by atomic mass is 15.2. The largest absolute Gasteiger partial charge is 0.371 e. The minimum Gasteiger partial charge on any atom is -0.371 e. The molecule has 10 heteroatoms. The van der Waals surface area contributed by atoms with E-state index in [1.165, 1.54) is 85.5 Å². The topological polar surface area (TPSA) is 72.5 Å². The molecule has 0 atom stereocenters. The van der Waals surface area contributed by atoms with Crippen LogP contribution in [-0.4, -0.2) is 30.7 Å². The Bertz CT molecular complexity index is 1940. The quantitative estimate of drug-likeness (QED) is 0.0983. The number of benzene rings is 2. The molecule has 270 valence electrons. The molecule has 10 nitrogen and oxygen atoms in total. The highest BCUT2D eigenvalue weighted by molar-refractivity contribution is 5.68. The van der Waals surface area contributed by atoms with Crippen molar-refractivity contribution in [2.75, 3.05) is 36.0 Å². The average Bonchev–Trinajstić information content (AvgIpc) is 3.65. The lowest BCUT2D eigenvalue weighted by molar-refractivity contribution is -0.721. The lowest BCUT2D eigenvalue weighted by Crippen LogP contribution is -2.38. The normalized spacial score (nSPS) is 16.4. The summed E-state index contributed by atoms with van der Waals surface area (Å²) < 4.78 is 9.00. The highest BCUT2D eigenvalue weighted by Gasteiger charge is 2.26. The summed E-state index contributed by atoms with van der Waals surface area (Å²) in [4.78, 5) is 5.14. The van der Waals surface area contributed by atoms with Gasteiger partial charge in [-0.1, -0.05) is 12.1 Å². The Kier molecular flexibility index (Phi) is 9.75. The summed E-state index contributed by atoms with van der Waals surface area (Å²) in [6, 6.07) is 21.4. The zero-order valence-corrected chi connectivity index (χ0v) is 30.9. The monoisotopic (exact) mass is 707 g/mol. The van der Waals surface area contributed by atoms with Crippen molar-refractivity contribution in [3.8, 4) is 0 Å². The smallest absolute Gasteiger partial charge is 0.350 e. The second kappa shape index (κ2) is 15.4. The van der Waals surface area contributed by atoms with Gasteiger partial charge in [0.25, 0.3) is 0 Å². The van der Waals surface area contributed by atoms with Gasteiger partial charge in [0.1, 0.15) is 23.8 Å². The van der Waals surface area contributed by atoms with Crippen molar-refractivity contribution in [1.29, 1.82) is 0 Å². The number of imidazole rings is 1. The van der Waals surface area contributed by atoms with E-state index < -0.39 is 0 Å². The van der Waals surface area contributed by atoms with Gasteiger partial charge in [-0.25, -0.2) is 18.3 Å². The maximum atomic E-state index is 4.74. The Balaban J connectivity index is 0.780. The van der Waals surface area contributed by atoms with Gasteiger partial charge in [0, 0.05) is 62.5 Å². The van der Waals surface area contributed by atoms with Gasteiger partial charge in [0.2, 0.25) is 6.33 Å². The lowest BCUT2D eigenvalue weighted by Gasteiger charge is -2.36. The van der Waals surface area contributed by atoms with Crippen molar-refractivity contribution in [2.24, 2.45) is 20.5 Å². The van der Waals surface area contributed by atoms with Crippen LogP contribution >= 0.6 is 0 Å². The Hall–Kier alpha value is -5.25. The summed E-state index contributed by atoms with van der Waals surface area (Å²) in [6.07, 6.45) is 22.3. The third kappa shape index (κ3) is 7.50. The molecule has 7 heterocycles. The van der Waals surface area contributed by atoms with Gasteiger partial charge in [-0.2, -0.15) is 0 Å². The molecule has 0 saturated carbocycles. The molecule has 9 rings (SSSR count). The molecule has 4 aliphatic rings. The molecule has 0 spiro atoms. The molecule has 2 aromatic carbocycles. The molecule has 0 bridgehead atoms. The minimum absolute atomic E-state index is 0.880. The predicted octanol–water partition coefficient (Wildman–Crippen LogP) is 7.76. The van der Waals surface area contributed by atoms with Crippen LogP contribution in [0.5, 0.6) is 0 Å². The Morgan fingerprint density at radius 1 is 0.528 bits per heavy atom. The first-order chi connectivity index (χ1) is 26.2. The van der Waals surface area contributed by atoms with Gasteiger partial charge in [-0.15, -0.1) is 0 Å². The van der Waals surface area contributed by atoms with Gasteiger partial charge in [-0.05, 0) is 120 Å². The number of hydrogen-bond acceptors (Lipinski definition) is 6. The summed E-state index contributed by atoms with van der Waals surface area (Å²) in [6.45, 7) is 8.39. The van der Waals surface area contributed by atoms with Gasteiger partial charge in [0.05, 0.1) is 48.8 Å². The molecule has 3 aromatic heterocycles. The zero-order chi connectivity index (χ0) is 35.4. The first-order valence-corrected chi connectivity index (χ1v) is 19.9. The third-order valence-electron chi connectivity index (χ3n) is 11.4. The fourth-order valence-corrected chi connectivity index (χ4v) is 8.95. The average molecular weight is 708 g/mol. The zero-order valence-electron chi connectivity index (χ0n) is 30.9. The first kappa shape index (κ1) is 33.6. The van der Waals surface area contributed by atoms with Crippen molar-refractivity contribution in [3.05, 3.63) is 114 Å². The standard InChI is InChI=1S/C43H51N10/c1-3-19-50(40(15-1)46-44-38-29-34-11-5-21-52-22-6-12-35(30-38)42(34)52)25-9-17-48-27-28-49(33-48)18-10-26-51-20-4-2-16-41(51)47-45-39-31-36-13-7-23-53-24-8-14-37(32-39)43(36)53/h1-4,15-16,19-20,27-33H,5-14,17-18,21-26H2/q+3. The second-order valence-electron chi connectivity index (χ2n) is 15.1. The van der Waals surface area contributed by atoms with Gasteiger partial charge >= 0.3 is 11.6 Å². The summed E-state index contributed by atoms with van der Waals surface area (Å²) >= 11 is 0. The SMILES string of the molecule is c1cc[n+](CCCn2cc[n+](CCC[n+]3ccccc3/N=N/c3cc4c5c(c3)CCCN5CCC4)c2)c(/N=N/c2cc3c4c(c2)CCCN4CCC3)c1. The fourth-order valence-electron chi connectivity index (χ4n) is 8.95. The molecule has 0 saturated heterocycles. The van der Waals surface area contributed by atoms with Crippen molar-refractivity contribution >= 4 is 34.4 Å². The molecule has 0 amide bonds. The molecular formula is C43H51N10+3. The maximum Gasteiger partial charge on any atom is 0.350 e. The van der Waals surface area contributed by atoms with Crippen LogP contribution in [0.2, 0.25) is 0 Å². The molecule has 0 unspecified atom stereocenters. The number of nitrogens with zero attached hydrogens (tertiary/aromatic N) is 10. The van der Waals surface area contributed by atoms with E-state index in [1.54, 1.807) is 0 Å². The van der Waals surface area contributed by atoms with Crippen LogP contribution in [0.25, 0.3) is 0 Å². The molecule has 53 heavy (non-hydrogen) atoms. The minimum atomic E-state index is 0.880. The van der Waals surface area contributed by atoms with Crippen LogP contribution in [0.4, 0.5) is 34.4 Å². The van der Waals surface area contributed by atoms with E-state index in [0.29, 0.717) is 0 Å². The maximum absolute atomic E-state index is 4.74. The summed E-state index contributed by atoms with van der Waals surface area (Å²) in [5.74, 6) is 1.79. The lowest BCUT2D eigenvalue weighted by atomic mass is 9.91. The predicted molar refractivity (Wildman–Crippen MR) is 206 cm³/mol. The number of azo groups is 2. The Labute approximate surface area is 312 Å². The molecule has 0 N–H and O–H groups in total. The molecule has 5 aromatic rings. The summed E-state index contributed by atoms with van der Waals surface area (Å²) in [5.41, 5.74) is 10.7. The highest BCUT2D eigenvalue weighted by Crippen LogP contribution is 2.39. The van der Waals surface area contributed by atoms with Crippen LogP contribution in [0, 0.1) is 0 Å². The van der Waals surface area contributed by atoms with Gasteiger partial charge < -0.3 is 9.80 Å². The number of aryl methyl sites for hydroxylation is 8. The summed E-state index contributed by atoms with van der Waals surface area (Å²) in [7, 11) is 0. The van der Waals surface area contributed by atoms with Crippen molar-refractivity contribution in [1.82, 2.24) is 4.57 Å². The fraction of sp³-hybridized carbons (Fsp3) is 0.419. The van der Waals surface area contributed by atoms with Gasteiger partial charge in [-0.3, -0.25) is 0 Å². The van der Waals surface area contributed by atoms with Crippen LogP contribution in [0.1, 0.15) is 60.8 Å². The van der Waals surface area contributed by atoms with E-state index in [9.17, 15) is 0 Å². The van der Waals surface area contributed by atoms with Crippen molar-refractivity contribution < 1.29 is 13.7 Å². The van der Waals surface area contributed by atoms with Crippen LogP contribution in [-0.2, 0) is 51.9 Å². The molecular weight excluding hydrogens is 657 g/mol. The molecule has 0 fully saturated rings.